The summed E-state index contributed by atoms with van der Waals surface area (Å²) in [5.41, 5.74) is 1.53. The van der Waals surface area contributed by atoms with Gasteiger partial charge < -0.3 is 4.74 Å². The summed E-state index contributed by atoms with van der Waals surface area (Å²) in [5, 5.41) is 0. The molecule has 2 aliphatic carbocycles. The summed E-state index contributed by atoms with van der Waals surface area (Å²) in [6.07, 6.45) is 14.2. The first-order chi connectivity index (χ1) is 12.7. The molecule has 2 fully saturated rings. The monoisotopic (exact) mass is 356 g/mol. The molecule has 0 N–H and O–H groups in total. The third-order valence-electron chi connectivity index (χ3n) is 7.25. The minimum Gasteiger partial charge on any atom is -0.494 e. The smallest absolute Gasteiger partial charge is 0.119 e. The van der Waals surface area contributed by atoms with Gasteiger partial charge in [-0.25, -0.2) is 0 Å². The maximum absolute atomic E-state index is 5.75. The van der Waals surface area contributed by atoms with E-state index in [1.54, 1.807) is 0 Å². The summed E-state index contributed by atoms with van der Waals surface area (Å²) < 4.78 is 5.75. The molecular weight excluding hydrogens is 316 g/mol. The van der Waals surface area contributed by atoms with E-state index in [1.165, 1.54) is 63.4 Å². The van der Waals surface area contributed by atoms with Crippen LogP contribution in [0, 0.1) is 23.7 Å². The molecule has 3 rings (SSSR count). The van der Waals surface area contributed by atoms with Crippen LogP contribution in [0.25, 0.3) is 0 Å². The molecule has 0 bridgehead atoms. The largest absolute Gasteiger partial charge is 0.494 e. The van der Waals surface area contributed by atoms with Crippen LogP contribution in [0.15, 0.2) is 24.3 Å². The van der Waals surface area contributed by atoms with E-state index in [1.807, 2.05) is 0 Å². The van der Waals surface area contributed by atoms with Crippen molar-refractivity contribution in [3.8, 4) is 5.75 Å². The third kappa shape index (κ3) is 5.05. The van der Waals surface area contributed by atoms with E-state index in [0.29, 0.717) is 0 Å². The van der Waals surface area contributed by atoms with Crippen LogP contribution in [0.5, 0.6) is 5.75 Å². The summed E-state index contributed by atoms with van der Waals surface area (Å²) in [4.78, 5) is 0. The van der Waals surface area contributed by atoms with E-state index in [-0.39, 0.29) is 0 Å². The van der Waals surface area contributed by atoms with Crippen LogP contribution in [0.4, 0.5) is 0 Å². The van der Waals surface area contributed by atoms with Crippen molar-refractivity contribution in [1.29, 1.82) is 0 Å². The molecule has 0 heterocycles. The van der Waals surface area contributed by atoms with Gasteiger partial charge in [-0.15, -0.1) is 0 Å². The maximum atomic E-state index is 5.75. The highest BCUT2D eigenvalue weighted by Crippen LogP contribution is 2.47. The second-order valence-electron chi connectivity index (χ2n) is 9.14. The Morgan fingerprint density at radius 1 is 0.846 bits per heavy atom. The molecule has 2 saturated carbocycles. The zero-order valence-electron chi connectivity index (χ0n) is 17.4. The fourth-order valence-corrected chi connectivity index (χ4v) is 5.75. The topological polar surface area (TPSA) is 9.23 Å². The maximum Gasteiger partial charge on any atom is 0.119 e. The van der Waals surface area contributed by atoms with E-state index in [2.05, 4.69) is 45.0 Å². The number of hydrogen-bond acceptors (Lipinski definition) is 1. The average Bonchev–Trinajstić information content (AvgIpc) is 2.68. The SMILES string of the molecule is CCCOc1ccc([C@@H]2CCC(C3CCC(CCC)CC3)C[C@H]2C)cc1. The highest BCUT2D eigenvalue weighted by Gasteiger charge is 2.34. The minimum atomic E-state index is 0.753. The molecule has 3 atom stereocenters. The molecule has 0 spiro atoms. The average molecular weight is 357 g/mol. The Kier molecular flexibility index (Phi) is 7.46. The fourth-order valence-electron chi connectivity index (χ4n) is 5.75. The summed E-state index contributed by atoms with van der Waals surface area (Å²) in [7, 11) is 0. The van der Waals surface area contributed by atoms with Gasteiger partial charge in [0.2, 0.25) is 0 Å². The minimum absolute atomic E-state index is 0.753. The lowest BCUT2D eigenvalue weighted by molar-refractivity contribution is 0.130. The van der Waals surface area contributed by atoms with Crippen molar-refractivity contribution < 1.29 is 4.74 Å². The van der Waals surface area contributed by atoms with Crippen LogP contribution in [0.1, 0.15) is 96.5 Å². The first-order valence-corrected chi connectivity index (χ1v) is 11.4. The quantitative estimate of drug-likeness (QED) is 0.488. The fraction of sp³-hybridized carbons (Fsp3) is 0.760. The molecule has 0 aromatic heterocycles. The predicted octanol–water partition coefficient (Wildman–Crippen LogP) is 7.60. The third-order valence-corrected chi connectivity index (χ3v) is 7.25. The highest BCUT2D eigenvalue weighted by atomic mass is 16.5. The molecule has 146 valence electrons. The van der Waals surface area contributed by atoms with E-state index in [9.17, 15) is 0 Å². The molecule has 2 aliphatic rings. The van der Waals surface area contributed by atoms with Crippen LogP contribution >= 0.6 is 0 Å². The second kappa shape index (κ2) is 9.81. The van der Waals surface area contributed by atoms with Gasteiger partial charge in [-0.3, -0.25) is 0 Å². The summed E-state index contributed by atoms with van der Waals surface area (Å²) in [5.74, 6) is 5.67. The highest BCUT2D eigenvalue weighted by molar-refractivity contribution is 5.30. The molecule has 0 aliphatic heterocycles. The molecule has 1 aromatic rings. The van der Waals surface area contributed by atoms with Crippen molar-refractivity contribution in [1.82, 2.24) is 0 Å². The first kappa shape index (κ1) is 19.8. The second-order valence-corrected chi connectivity index (χ2v) is 9.14. The van der Waals surface area contributed by atoms with Gasteiger partial charge in [0, 0.05) is 0 Å². The summed E-state index contributed by atoms with van der Waals surface area (Å²) in [6, 6.07) is 9.00. The van der Waals surface area contributed by atoms with Crippen molar-refractivity contribution in [2.45, 2.75) is 90.9 Å². The number of hydrogen-bond donors (Lipinski definition) is 0. The van der Waals surface area contributed by atoms with Gasteiger partial charge in [0.25, 0.3) is 0 Å². The number of ether oxygens (including phenoxy) is 1. The molecule has 1 aromatic carbocycles. The Morgan fingerprint density at radius 3 is 2.15 bits per heavy atom. The lowest BCUT2D eigenvalue weighted by Gasteiger charge is -2.41. The van der Waals surface area contributed by atoms with E-state index in [0.717, 1.165) is 48.4 Å². The van der Waals surface area contributed by atoms with Crippen molar-refractivity contribution in [2.24, 2.45) is 23.7 Å². The standard InChI is InChI=1S/C25H40O/c1-4-6-20-7-9-21(10-8-20)23-13-16-25(19(3)18-23)22-11-14-24(15-12-22)26-17-5-2/h11-12,14-15,19-21,23,25H,4-10,13,16-18H2,1-3H3/t19-,20?,21?,23?,25-/m1/s1. The number of benzene rings is 1. The Hall–Kier alpha value is -0.980. The van der Waals surface area contributed by atoms with Gasteiger partial charge in [0.05, 0.1) is 6.61 Å². The Labute approximate surface area is 161 Å². The van der Waals surface area contributed by atoms with E-state index >= 15 is 0 Å². The van der Waals surface area contributed by atoms with Crippen molar-refractivity contribution >= 4 is 0 Å². The van der Waals surface area contributed by atoms with Gasteiger partial charge in [0.15, 0.2) is 0 Å². The van der Waals surface area contributed by atoms with Gasteiger partial charge in [-0.2, -0.15) is 0 Å². The first-order valence-electron chi connectivity index (χ1n) is 11.4. The Balaban J connectivity index is 1.50. The summed E-state index contributed by atoms with van der Waals surface area (Å²) in [6.45, 7) is 7.82. The van der Waals surface area contributed by atoms with Gasteiger partial charge in [-0.05, 0) is 85.8 Å². The Morgan fingerprint density at radius 2 is 1.54 bits per heavy atom. The zero-order valence-corrected chi connectivity index (χ0v) is 17.4. The van der Waals surface area contributed by atoms with Crippen molar-refractivity contribution in [2.75, 3.05) is 6.61 Å². The van der Waals surface area contributed by atoms with Gasteiger partial charge >= 0.3 is 0 Å². The van der Waals surface area contributed by atoms with Crippen molar-refractivity contribution in [3.63, 3.8) is 0 Å². The lowest BCUT2D eigenvalue weighted by atomic mass is 9.65. The molecule has 26 heavy (non-hydrogen) atoms. The summed E-state index contributed by atoms with van der Waals surface area (Å²) >= 11 is 0. The Bertz CT molecular complexity index is 511. The zero-order chi connectivity index (χ0) is 18.4. The molecule has 0 amide bonds. The normalized spacial score (nSPS) is 32.3. The lowest BCUT2D eigenvalue weighted by Crippen LogP contribution is -2.29. The van der Waals surface area contributed by atoms with Crippen LogP contribution < -0.4 is 4.74 Å². The molecule has 1 unspecified atom stereocenters. The van der Waals surface area contributed by atoms with Gasteiger partial charge in [-0.1, -0.05) is 58.6 Å². The van der Waals surface area contributed by atoms with Crippen LogP contribution in [-0.4, -0.2) is 6.61 Å². The van der Waals surface area contributed by atoms with E-state index < -0.39 is 0 Å². The predicted molar refractivity (Wildman–Crippen MR) is 112 cm³/mol. The van der Waals surface area contributed by atoms with Gasteiger partial charge in [0.1, 0.15) is 5.75 Å². The van der Waals surface area contributed by atoms with Crippen LogP contribution in [0.2, 0.25) is 0 Å². The number of rotatable bonds is 7. The molecule has 0 saturated heterocycles. The van der Waals surface area contributed by atoms with E-state index in [4.69, 9.17) is 4.74 Å². The molecular formula is C25H40O. The van der Waals surface area contributed by atoms with Crippen LogP contribution in [0.3, 0.4) is 0 Å². The molecule has 1 heteroatoms. The molecule has 0 radical (unpaired) electrons. The van der Waals surface area contributed by atoms with Crippen LogP contribution in [-0.2, 0) is 0 Å². The molecule has 1 nitrogen and oxygen atoms in total. The van der Waals surface area contributed by atoms with Crippen molar-refractivity contribution in [3.05, 3.63) is 29.8 Å².